The van der Waals surface area contributed by atoms with Crippen LogP contribution in [0.2, 0.25) is 0 Å². The van der Waals surface area contributed by atoms with E-state index in [1.165, 1.54) is 212 Å². The number of phosphoric ester groups is 1. The molecule has 1 heterocycles. The highest BCUT2D eigenvalue weighted by atomic mass is 31.2. The highest BCUT2D eigenvalue weighted by Crippen LogP contribution is 2.42. The van der Waals surface area contributed by atoms with E-state index in [4.69, 9.17) is 32.9 Å². The van der Waals surface area contributed by atoms with Gasteiger partial charge in [0.1, 0.15) is 36.6 Å². The molecule has 0 aromatic carbocycles. The number of aliphatic hydroxyl groups excluding tert-OH is 1. The van der Waals surface area contributed by atoms with Gasteiger partial charge in [-0.25, -0.2) is 4.57 Å². The summed E-state index contributed by atoms with van der Waals surface area (Å²) in [5, 5.41) is 16.8. The molecule has 0 radical (unpaired) electrons. The molecular formula is C92H175N2O17P. The van der Waals surface area contributed by atoms with Gasteiger partial charge in [-0.3, -0.25) is 33.3 Å². The van der Waals surface area contributed by atoms with Crippen molar-refractivity contribution in [1.29, 1.82) is 0 Å². The van der Waals surface area contributed by atoms with Crippen LogP contribution >= 0.6 is 7.82 Å². The third-order valence-corrected chi connectivity index (χ3v) is 22.9. The molecule has 0 aromatic heterocycles. The van der Waals surface area contributed by atoms with Crippen molar-refractivity contribution in [1.82, 2.24) is 10.6 Å². The summed E-state index contributed by atoms with van der Waals surface area (Å²) in [6.07, 6.45) is 58.1. The summed E-state index contributed by atoms with van der Waals surface area (Å²) in [6, 6.07) is -1.58. The molecule has 0 spiro atoms. The minimum absolute atomic E-state index is 0.0789. The van der Waals surface area contributed by atoms with E-state index in [2.05, 4.69) is 52.2 Å². The smallest absolute Gasteiger partial charge is 0.462 e. The van der Waals surface area contributed by atoms with Crippen LogP contribution in [0.1, 0.15) is 485 Å². The first-order valence-electron chi connectivity index (χ1n) is 47.5. The molecule has 1 fully saturated rings. The quantitative estimate of drug-likeness (QED) is 0.0164. The van der Waals surface area contributed by atoms with Crippen LogP contribution in [0.3, 0.4) is 0 Å². The Labute approximate surface area is 685 Å². The summed E-state index contributed by atoms with van der Waals surface area (Å²) in [4.78, 5) is 106. The number of phosphoric acid groups is 1. The van der Waals surface area contributed by atoms with Crippen molar-refractivity contribution in [2.75, 3.05) is 19.8 Å². The number of ether oxygens (including phenoxy) is 6. The molecule has 0 aromatic rings. The van der Waals surface area contributed by atoms with Crippen molar-refractivity contribution in [3.05, 3.63) is 0 Å². The highest BCUT2D eigenvalue weighted by Gasteiger charge is 2.52. The van der Waals surface area contributed by atoms with Crippen LogP contribution < -0.4 is 10.6 Å². The fraction of sp³-hybridized carbons (Fsp3) is 0.935. The number of nitrogens with one attached hydrogen (secondary N) is 2. The molecule has 0 aliphatic carbocycles. The average Bonchev–Trinajstić information content (AvgIpc) is 0.781. The highest BCUT2D eigenvalue weighted by molar-refractivity contribution is 7.46. The summed E-state index contributed by atoms with van der Waals surface area (Å²) >= 11 is 0. The second kappa shape index (κ2) is 77.7. The number of amides is 2. The molecule has 0 unspecified atom stereocenters. The van der Waals surface area contributed by atoms with E-state index < -0.39 is 93.6 Å². The maximum absolute atomic E-state index is 14.9. The van der Waals surface area contributed by atoms with Gasteiger partial charge in [-0.15, -0.1) is 0 Å². The Hall–Kier alpha value is -3.19. The van der Waals surface area contributed by atoms with Crippen LogP contribution in [0.4, 0.5) is 0 Å². The zero-order valence-corrected chi connectivity index (χ0v) is 73.9. The summed E-state index contributed by atoms with van der Waals surface area (Å²) in [6.45, 7) is 12.0. The van der Waals surface area contributed by atoms with Gasteiger partial charge in [0, 0.05) is 25.8 Å². The van der Waals surface area contributed by atoms with Crippen molar-refractivity contribution in [3.8, 4) is 0 Å². The average molecular weight is 1610 g/mol. The largest absolute Gasteiger partial charge is 0.470 e. The van der Waals surface area contributed by atoms with Gasteiger partial charge in [-0.05, 0) is 57.8 Å². The van der Waals surface area contributed by atoms with E-state index in [1.807, 2.05) is 0 Å². The van der Waals surface area contributed by atoms with Crippen molar-refractivity contribution in [2.24, 2.45) is 0 Å². The molecular weight excluding hydrogens is 1440 g/mol. The van der Waals surface area contributed by atoms with Gasteiger partial charge >= 0.3 is 31.7 Å². The molecule has 1 aliphatic rings. The normalized spacial score (nSPS) is 16.6. The van der Waals surface area contributed by atoms with Gasteiger partial charge in [0.05, 0.1) is 32.5 Å². The first-order chi connectivity index (χ1) is 54.5. The van der Waals surface area contributed by atoms with Crippen molar-refractivity contribution in [2.45, 2.75) is 534 Å². The number of carbonyl (C=O) groups excluding carboxylic acids is 6. The summed E-state index contributed by atoms with van der Waals surface area (Å²) in [5.41, 5.74) is 0. The number of hydrogen-bond acceptors (Lipinski definition) is 15. The van der Waals surface area contributed by atoms with Gasteiger partial charge in [0.15, 0.2) is 12.4 Å². The van der Waals surface area contributed by atoms with Gasteiger partial charge in [0.2, 0.25) is 11.8 Å². The fourth-order valence-corrected chi connectivity index (χ4v) is 16.0. The van der Waals surface area contributed by atoms with Crippen LogP contribution in [0.15, 0.2) is 0 Å². The predicted octanol–water partition coefficient (Wildman–Crippen LogP) is 24.5. The first kappa shape index (κ1) is 107. The minimum atomic E-state index is -5.48. The Bertz CT molecular complexity index is 2240. The SMILES string of the molecule is CCCCCCCCCCCCCC(=O)O[C@H](CCCCCCCCCCC)CC(=O)NCCO[C@@H]1O[C@H](CO)[C@@H](OP(=O)(O)O)[C@H](OC(=O)C[C@@H](CCCCCCCCCCC)OC(=O)CCCCCCCCCCCCC)[C@H]1NC(=O)C[C@@H](CCCCCCCCCCC)OC(=O)CCCCCCCCCCCCC. The van der Waals surface area contributed by atoms with Gasteiger partial charge < -0.3 is 53.9 Å². The zero-order chi connectivity index (χ0) is 81.9. The molecule has 0 bridgehead atoms. The lowest BCUT2D eigenvalue weighted by Gasteiger charge is -2.45. The molecule has 1 aliphatic heterocycles. The lowest BCUT2D eigenvalue weighted by Crippen LogP contribution is -2.66. The van der Waals surface area contributed by atoms with E-state index in [1.54, 1.807) is 0 Å². The Morgan fingerprint density at radius 2 is 0.616 bits per heavy atom. The van der Waals surface area contributed by atoms with E-state index in [9.17, 15) is 48.2 Å². The maximum atomic E-state index is 14.9. The van der Waals surface area contributed by atoms with E-state index >= 15 is 0 Å². The lowest BCUT2D eigenvalue weighted by molar-refractivity contribution is -0.270. The van der Waals surface area contributed by atoms with Gasteiger partial charge in [-0.1, -0.05) is 388 Å². The number of hydrogen-bond donors (Lipinski definition) is 5. The Kier molecular flexibility index (Phi) is 74.1. The maximum Gasteiger partial charge on any atom is 0.470 e. The molecule has 112 heavy (non-hydrogen) atoms. The molecule has 1 saturated heterocycles. The molecule has 19 nitrogen and oxygen atoms in total. The number of unbranched alkanes of at least 4 members (excludes halogenated alkanes) is 54. The van der Waals surface area contributed by atoms with Crippen molar-refractivity contribution >= 4 is 43.5 Å². The molecule has 5 N–H and O–H groups in total. The van der Waals surface area contributed by atoms with E-state index in [-0.39, 0.29) is 57.1 Å². The standard InChI is InChI=1S/C92H175N2O17P/c1-7-13-19-25-31-37-40-46-52-58-64-70-85(98)106-79(67-61-55-49-43-34-28-22-16-10-4)75-83(96)93-73-74-105-92-89(94-84(97)76-80(68-62-56-50-44-35-29-23-17-11-5)107-86(99)71-65-59-53-47-41-38-32-26-20-14-8-2)91(90(82(78-95)109-92)111-112(102,103)104)110-88(101)77-81(69-63-57-51-45-36-30-24-18-12-6)108-87(100)72-66-60-54-48-42-39-33-27-21-15-9-3/h79-82,89-92,95H,7-78H2,1-6H3,(H,93,96)(H,94,97)(H2,102,103,104)/t79-,80-,81-,82-,89-,90-,91-,92-/m1/s1. The number of aliphatic hydroxyl groups is 1. The number of rotatable bonds is 84. The third kappa shape index (κ3) is 65.8. The Morgan fingerprint density at radius 3 is 0.902 bits per heavy atom. The first-order valence-corrected chi connectivity index (χ1v) is 49.0. The van der Waals surface area contributed by atoms with Crippen LogP contribution in [-0.2, 0) is 66.3 Å². The number of carbonyl (C=O) groups is 6. The van der Waals surface area contributed by atoms with Crippen molar-refractivity contribution < 1.29 is 81.2 Å². The monoisotopic (exact) mass is 1610 g/mol. The predicted molar refractivity (Wildman–Crippen MR) is 456 cm³/mol. The second-order valence-corrected chi connectivity index (χ2v) is 34.4. The van der Waals surface area contributed by atoms with Crippen LogP contribution in [0.5, 0.6) is 0 Å². The Morgan fingerprint density at radius 1 is 0.348 bits per heavy atom. The molecule has 8 atom stereocenters. The molecule has 2 amide bonds. The number of esters is 4. The summed E-state index contributed by atoms with van der Waals surface area (Å²) in [7, 11) is -5.48. The lowest BCUT2D eigenvalue weighted by atomic mass is 9.96. The Balaban J connectivity index is 3.68. The minimum Gasteiger partial charge on any atom is -0.462 e. The molecule has 0 saturated carbocycles. The van der Waals surface area contributed by atoms with Crippen LogP contribution in [-0.4, -0.2) is 119 Å². The molecule has 1 rings (SSSR count). The third-order valence-electron chi connectivity index (χ3n) is 22.3. The van der Waals surface area contributed by atoms with Crippen LogP contribution in [0.25, 0.3) is 0 Å². The second-order valence-electron chi connectivity index (χ2n) is 33.2. The van der Waals surface area contributed by atoms with Crippen molar-refractivity contribution in [3.63, 3.8) is 0 Å². The van der Waals surface area contributed by atoms with E-state index in [0.717, 1.165) is 148 Å². The van der Waals surface area contributed by atoms with E-state index in [0.29, 0.717) is 44.9 Å². The van der Waals surface area contributed by atoms with Crippen LogP contribution in [0, 0.1) is 0 Å². The molecule has 20 heteroatoms. The molecule has 660 valence electrons. The summed E-state index contributed by atoms with van der Waals surface area (Å²) in [5.74, 6) is -3.15. The zero-order valence-electron chi connectivity index (χ0n) is 73.0. The topological polar surface area (TPSA) is 269 Å². The van der Waals surface area contributed by atoms with Gasteiger partial charge in [0.25, 0.3) is 0 Å². The fourth-order valence-electron chi connectivity index (χ4n) is 15.4. The summed E-state index contributed by atoms with van der Waals surface area (Å²) < 4.78 is 55.7. The van der Waals surface area contributed by atoms with Gasteiger partial charge in [-0.2, -0.15) is 0 Å².